The van der Waals surface area contributed by atoms with Crippen LogP contribution in [0, 0.1) is 6.92 Å². The van der Waals surface area contributed by atoms with E-state index in [2.05, 4.69) is 4.98 Å². The Kier molecular flexibility index (Phi) is 6.84. The molecule has 0 saturated heterocycles. The van der Waals surface area contributed by atoms with Crippen molar-refractivity contribution in [1.29, 1.82) is 0 Å². The molecule has 1 atom stereocenters. The Hall–Kier alpha value is -1.78. The molecule has 3 aromatic rings. The van der Waals surface area contributed by atoms with Crippen molar-refractivity contribution < 1.29 is 9.05 Å². The summed E-state index contributed by atoms with van der Waals surface area (Å²) in [6.45, 7) is 3.90. The number of hydrogen-bond acceptors (Lipinski definition) is 5. The SMILES string of the molecule is CCOP(=S)(CC)Oc1cc(-c2ccccc2)nc(-c2ccc(C)c(Cl)c2)n1. The average Bonchev–Trinajstić information content (AvgIpc) is 2.70. The molecule has 3 rings (SSSR count). The lowest BCUT2D eigenvalue weighted by Gasteiger charge is -2.21. The molecule has 0 fully saturated rings. The quantitative estimate of drug-likeness (QED) is 0.398. The van der Waals surface area contributed by atoms with E-state index in [1.165, 1.54) is 0 Å². The van der Waals surface area contributed by atoms with E-state index in [-0.39, 0.29) is 0 Å². The molecule has 1 unspecified atom stereocenters. The second kappa shape index (κ2) is 9.15. The summed E-state index contributed by atoms with van der Waals surface area (Å²) >= 11 is 11.9. The van der Waals surface area contributed by atoms with Gasteiger partial charge in [-0.15, -0.1) is 0 Å². The fourth-order valence-electron chi connectivity index (χ4n) is 2.61. The fraction of sp³-hybridized carbons (Fsp3) is 0.238. The number of aromatic nitrogens is 2. The number of aryl methyl sites for hydroxylation is 1. The highest BCUT2D eigenvalue weighted by Gasteiger charge is 2.20. The smallest absolute Gasteiger partial charge is 0.239 e. The number of benzene rings is 2. The minimum atomic E-state index is -2.45. The molecular weight excluding hydrogens is 411 g/mol. The van der Waals surface area contributed by atoms with E-state index in [1.54, 1.807) is 0 Å². The predicted molar refractivity (Wildman–Crippen MR) is 120 cm³/mol. The molecule has 0 aliphatic heterocycles. The van der Waals surface area contributed by atoms with Crippen LogP contribution >= 0.6 is 18.1 Å². The molecule has 4 nitrogen and oxygen atoms in total. The van der Waals surface area contributed by atoms with Crippen molar-refractivity contribution in [3.63, 3.8) is 0 Å². The first-order valence-corrected chi connectivity index (χ1v) is 12.3. The van der Waals surface area contributed by atoms with Gasteiger partial charge in [0, 0.05) is 28.4 Å². The summed E-state index contributed by atoms with van der Waals surface area (Å²) < 4.78 is 11.8. The summed E-state index contributed by atoms with van der Waals surface area (Å²) in [6, 6.07) is 17.5. The fourth-order valence-corrected chi connectivity index (χ4v) is 4.47. The number of rotatable bonds is 7. The van der Waals surface area contributed by atoms with Crippen LogP contribution in [0.3, 0.4) is 0 Å². The lowest BCUT2D eigenvalue weighted by Crippen LogP contribution is -2.03. The molecule has 0 aliphatic carbocycles. The lowest BCUT2D eigenvalue weighted by molar-refractivity contribution is 0.329. The minimum absolute atomic E-state index is 0.416. The van der Waals surface area contributed by atoms with Crippen LogP contribution in [-0.4, -0.2) is 22.7 Å². The van der Waals surface area contributed by atoms with E-state index in [9.17, 15) is 0 Å². The first-order valence-electron chi connectivity index (χ1n) is 9.08. The third-order valence-corrected chi connectivity index (χ3v) is 7.76. The zero-order valence-electron chi connectivity index (χ0n) is 16.1. The van der Waals surface area contributed by atoms with E-state index < -0.39 is 6.49 Å². The first-order chi connectivity index (χ1) is 13.4. The average molecular weight is 433 g/mol. The molecule has 28 heavy (non-hydrogen) atoms. The number of halogens is 1. The predicted octanol–water partition coefficient (Wildman–Crippen LogP) is 6.52. The Morgan fingerprint density at radius 2 is 1.75 bits per heavy atom. The summed E-state index contributed by atoms with van der Waals surface area (Å²) in [5, 5.41) is 0.668. The Morgan fingerprint density at radius 3 is 2.39 bits per heavy atom. The van der Waals surface area contributed by atoms with Crippen molar-refractivity contribution in [2.24, 2.45) is 0 Å². The molecule has 0 bridgehead atoms. The van der Waals surface area contributed by atoms with Crippen LogP contribution < -0.4 is 4.52 Å². The van der Waals surface area contributed by atoms with Crippen LogP contribution in [0.15, 0.2) is 54.6 Å². The molecule has 2 aromatic carbocycles. The number of hydrogen-bond donors (Lipinski definition) is 0. The molecule has 0 saturated carbocycles. The van der Waals surface area contributed by atoms with Gasteiger partial charge in [0.1, 0.15) is 0 Å². The van der Waals surface area contributed by atoms with E-state index in [0.29, 0.717) is 29.5 Å². The summed E-state index contributed by atoms with van der Waals surface area (Å²) in [5.41, 5.74) is 3.54. The highest BCUT2D eigenvalue weighted by atomic mass is 35.5. The molecule has 7 heteroatoms. The van der Waals surface area contributed by atoms with Gasteiger partial charge in [0.2, 0.25) is 12.4 Å². The van der Waals surface area contributed by atoms with Crippen molar-refractivity contribution in [3.8, 4) is 28.5 Å². The van der Waals surface area contributed by atoms with E-state index in [0.717, 1.165) is 22.4 Å². The van der Waals surface area contributed by atoms with Crippen molar-refractivity contribution in [2.45, 2.75) is 20.8 Å². The van der Waals surface area contributed by atoms with Crippen molar-refractivity contribution in [1.82, 2.24) is 9.97 Å². The van der Waals surface area contributed by atoms with Gasteiger partial charge in [-0.2, -0.15) is 4.98 Å². The third-order valence-electron chi connectivity index (χ3n) is 4.15. The number of nitrogens with zero attached hydrogens (tertiary/aromatic N) is 2. The molecule has 0 amide bonds. The Bertz CT molecular complexity index is 1010. The van der Waals surface area contributed by atoms with Gasteiger partial charge < -0.3 is 9.05 Å². The van der Waals surface area contributed by atoms with Crippen LogP contribution in [0.2, 0.25) is 5.02 Å². The maximum absolute atomic E-state index is 6.31. The zero-order chi connectivity index (χ0) is 20.1. The van der Waals surface area contributed by atoms with Crippen LogP contribution in [0.5, 0.6) is 5.88 Å². The standard InChI is InChI=1S/C21H22ClN2O2PS/c1-4-25-27(28,5-2)26-20-14-19(16-9-7-6-8-10-16)23-21(24-20)17-12-11-15(3)18(22)13-17/h6-14H,4-5H2,1-3H3. The summed E-state index contributed by atoms with van der Waals surface area (Å²) in [6.07, 6.45) is 0.618. The van der Waals surface area contributed by atoms with Gasteiger partial charge in [-0.05, 0) is 37.3 Å². The molecule has 0 spiro atoms. The van der Waals surface area contributed by atoms with E-state index >= 15 is 0 Å². The van der Waals surface area contributed by atoms with Gasteiger partial charge >= 0.3 is 0 Å². The Labute approximate surface area is 176 Å². The second-order valence-corrected chi connectivity index (χ2v) is 10.6. The van der Waals surface area contributed by atoms with Gasteiger partial charge in [-0.25, -0.2) is 4.98 Å². The highest BCUT2D eigenvalue weighted by Crippen LogP contribution is 2.48. The maximum Gasteiger partial charge on any atom is 0.239 e. The zero-order valence-corrected chi connectivity index (χ0v) is 18.5. The van der Waals surface area contributed by atoms with E-state index in [1.807, 2.05) is 75.4 Å². The van der Waals surface area contributed by atoms with Crippen LogP contribution in [-0.2, 0) is 16.3 Å². The van der Waals surface area contributed by atoms with E-state index in [4.69, 9.17) is 37.4 Å². The summed E-state index contributed by atoms with van der Waals surface area (Å²) in [5.74, 6) is 0.951. The molecule has 0 N–H and O–H groups in total. The topological polar surface area (TPSA) is 44.2 Å². The maximum atomic E-state index is 6.31. The normalized spacial score (nSPS) is 13.1. The van der Waals surface area contributed by atoms with Crippen LogP contribution in [0.25, 0.3) is 22.6 Å². The Morgan fingerprint density at radius 1 is 1.00 bits per heavy atom. The molecular formula is C21H22ClN2O2PS. The van der Waals surface area contributed by atoms with Gasteiger partial charge in [0.05, 0.1) is 12.3 Å². The van der Waals surface area contributed by atoms with Gasteiger partial charge in [-0.3, -0.25) is 0 Å². The van der Waals surface area contributed by atoms with Gasteiger partial charge in [-0.1, -0.05) is 61.0 Å². The molecule has 1 heterocycles. The van der Waals surface area contributed by atoms with Gasteiger partial charge in [0.25, 0.3) is 0 Å². The highest BCUT2D eigenvalue weighted by molar-refractivity contribution is 8.10. The largest absolute Gasteiger partial charge is 0.425 e. The van der Waals surface area contributed by atoms with Crippen molar-refractivity contribution in [2.75, 3.05) is 12.8 Å². The molecule has 146 valence electrons. The molecule has 0 radical (unpaired) electrons. The monoisotopic (exact) mass is 432 g/mol. The van der Waals surface area contributed by atoms with Crippen molar-refractivity contribution in [3.05, 3.63) is 65.2 Å². The minimum Gasteiger partial charge on any atom is -0.425 e. The Balaban J connectivity index is 2.11. The summed E-state index contributed by atoms with van der Waals surface area (Å²) in [7, 11) is 0. The second-order valence-electron chi connectivity index (χ2n) is 6.18. The molecule has 0 aliphatic rings. The van der Waals surface area contributed by atoms with Gasteiger partial charge in [0.15, 0.2) is 5.82 Å². The summed E-state index contributed by atoms with van der Waals surface area (Å²) in [4.78, 5) is 9.34. The third kappa shape index (κ3) is 4.98. The van der Waals surface area contributed by atoms with Crippen molar-refractivity contribution >= 4 is 29.9 Å². The first kappa shape index (κ1) is 20.9. The molecule has 1 aromatic heterocycles. The lowest BCUT2D eigenvalue weighted by atomic mass is 10.1. The van der Waals surface area contributed by atoms with Crippen LogP contribution in [0.1, 0.15) is 19.4 Å². The van der Waals surface area contributed by atoms with Crippen LogP contribution in [0.4, 0.5) is 0 Å².